The Morgan fingerprint density at radius 3 is 2.62 bits per heavy atom. The van der Waals surface area contributed by atoms with Gasteiger partial charge in [0.25, 0.3) is 0 Å². The number of benzene rings is 1. The minimum Gasteiger partial charge on any atom is -0.497 e. The Balaban J connectivity index is 1.61. The molecule has 3 rings (SSSR count). The van der Waals surface area contributed by atoms with Gasteiger partial charge >= 0.3 is 0 Å². The number of aromatic nitrogens is 4. The molecular weight excluding hydrogens is 410 g/mol. The van der Waals surface area contributed by atoms with Crippen LogP contribution in [0.5, 0.6) is 11.5 Å². The van der Waals surface area contributed by atoms with Gasteiger partial charge in [-0.05, 0) is 45.0 Å². The summed E-state index contributed by atoms with van der Waals surface area (Å²) in [6.45, 7) is 6.70. The average Bonchev–Trinajstić information content (AvgIpc) is 3.31. The van der Waals surface area contributed by atoms with E-state index < -0.39 is 0 Å². The number of thiazole rings is 1. The van der Waals surface area contributed by atoms with Crippen molar-refractivity contribution in [2.75, 3.05) is 12.4 Å². The molecule has 154 valence electrons. The van der Waals surface area contributed by atoms with Crippen LogP contribution in [0.3, 0.4) is 0 Å². The number of rotatable bonds is 9. The number of carbonyl (C=O) groups is 1. The van der Waals surface area contributed by atoms with Crippen LogP contribution in [-0.4, -0.2) is 38.0 Å². The second kappa shape index (κ2) is 9.75. The Labute approximate surface area is 177 Å². The predicted molar refractivity (Wildman–Crippen MR) is 114 cm³/mol. The van der Waals surface area contributed by atoms with E-state index in [-0.39, 0.29) is 17.8 Å². The standard InChI is InChI=1S/C19H23N5O3S2/c1-5-24-16(10-27-15-8-6-14(26-4)7-9-15)22-23-19(24)29-13(3)17(25)21-18-20-12(2)11-28-18/h6-9,11,13H,5,10H2,1-4H3,(H,20,21,25)/t13-/m1/s1. The Bertz CT molecular complexity index is 955. The molecule has 3 aromatic rings. The molecule has 2 aromatic heterocycles. The van der Waals surface area contributed by atoms with Crippen molar-refractivity contribution in [2.45, 2.75) is 44.3 Å². The first-order valence-electron chi connectivity index (χ1n) is 9.08. The largest absolute Gasteiger partial charge is 0.497 e. The predicted octanol–water partition coefficient (Wildman–Crippen LogP) is 3.77. The molecule has 8 nitrogen and oxygen atoms in total. The highest BCUT2D eigenvalue weighted by atomic mass is 32.2. The van der Waals surface area contributed by atoms with E-state index in [1.54, 1.807) is 7.11 Å². The normalized spacial score (nSPS) is 11.9. The molecule has 10 heteroatoms. The number of nitrogens with one attached hydrogen (secondary N) is 1. The summed E-state index contributed by atoms with van der Waals surface area (Å²) >= 11 is 2.77. The fourth-order valence-corrected chi connectivity index (χ4v) is 4.10. The van der Waals surface area contributed by atoms with Crippen LogP contribution in [0.2, 0.25) is 0 Å². The van der Waals surface area contributed by atoms with Gasteiger partial charge in [-0.25, -0.2) is 4.98 Å². The molecule has 1 aromatic carbocycles. The van der Waals surface area contributed by atoms with E-state index in [1.807, 2.05) is 55.0 Å². The third kappa shape index (κ3) is 5.48. The van der Waals surface area contributed by atoms with Gasteiger partial charge in [-0.1, -0.05) is 11.8 Å². The molecule has 0 radical (unpaired) electrons. The molecule has 0 aliphatic heterocycles. The van der Waals surface area contributed by atoms with Crippen molar-refractivity contribution in [1.82, 2.24) is 19.7 Å². The summed E-state index contributed by atoms with van der Waals surface area (Å²) in [5.74, 6) is 2.07. The SMILES string of the molecule is CCn1c(COc2ccc(OC)cc2)nnc1S[C@H](C)C(=O)Nc1nc(C)cs1. The van der Waals surface area contributed by atoms with Crippen LogP contribution < -0.4 is 14.8 Å². The average molecular weight is 434 g/mol. The summed E-state index contributed by atoms with van der Waals surface area (Å²) in [6, 6.07) is 7.36. The Morgan fingerprint density at radius 2 is 2.00 bits per heavy atom. The van der Waals surface area contributed by atoms with Crippen molar-refractivity contribution in [2.24, 2.45) is 0 Å². The minimum absolute atomic E-state index is 0.119. The lowest BCUT2D eigenvalue weighted by Crippen LogP contribution is -2.23. The second-order valence-corrected chi connectivity index (χ2v) is 8.32. The summed E-state index contributed by atoms with van der Waals surface area (Å²) < 4.78 is 12.9. The Kier molecular flexibility index (Phi) is 7.10. The lowest BCUT2D eigenvalue weighted by molar-refractivity contribution is -0.115. The number of hydrogen-bond acceptors (Lipinski definition) is 8. The summed E-state index contributed by atoms with van der Waals surface area (Å²) in [5.41, 5.74) is 0.887. The zero-order valence-corrected chi connectivity index (χ0v) is 18.3. The first kappa shape index (κ1) is 21.1. The number of amides is 1. The highest BCUT2D eigenvalue weighted by Gasteiger charge is 2.20. The molecule has 1 N–H and O–H groups in total. The fourth-order valence-electron chi connectivity index (χ4n) is 2.48. The van der Waals surface area contributed by atoms with Gasteiger partial charge in [0.1, 0.15) is 18.1 Å². The van der Waals surface area contributed by atoms with Crippen LogP contribution in [0.25, 0.3) is 0 Å². The fraction of sp³-hybridized carbons (Fsp3) is 0.368. The smallest absolute Gasteiger partial charge is 0.239 e. The molecule has 2 heterocycles. The third-order valence-electron chi connectivity index (χ3n) is 4.04. The number of nitrogens with zero attached hydrogens (tertiary/aromatic N) is 4. The van der Waals surface area contributed by atoms with Crippen LogP contribution in [0.4, 0.5) is 5.13 Å². The van der Waals surface area contributed by atoms with Gasteiger partial charge < -0.3 is 19.4 Å². The number of methoxy groups -OCH3 is 1. The number of carbonyl (C=O) groups excluding carboxylic acids is 1. The zero-order valence-electron chi connectivity index (χ0n) is 16.7. The monoisotopic (exact) mass is 433 g/mol. The van der Waals surface area contributed by atoms with Gasteiger partial charge in [-0.15, -0.1) is 21.5 Å². The molecule has 0 saturated heterocycles. The molecule has 1 amide bonds. The molecule has 0 unspecified atom stereocenters. The van der Waals surface area contributed by atoms with Crippen molar-refractivity contribution >= 4 is 34.1 Å². The number of hydrogen-bond donors (Lipinski definition) is 1. The maximum atomic E-state index is 12.4. The van der Waals surface area contributed by atoms with E-state index in [9.17, 15) is 4.79 Å². The third-order valence-corrected chi connectivity index (χ3v) is 5.99. The molecule has 0 saturated carbocycles. The first-order chi connectivity index (χ1) is 14.0. The summed E-state index contributed by atoms with van der Waals surface area (Å²) in [5, 5.41) is 14.2. The minimum atomic E-state index is -0.343. The van der Waals surface area contributed by atoms with Crippen LogP contribution >= 0.6 is 23.1 Å². The zero-order chi connectivity index (χ0) is 20.8. The maximum Gasteiger partial charge on any atom is 0.239 e. The van der Waals surface area contributed by atoms with Gasteiger partial charge in [-0.3, -0.25) is 4.79 Å². The molecular formula is C19H23N5O3S2. The van der Waals surface area contributed by atoms with E-state index in [2.05, 4.69) is 20.5 Å². The molecule has 0 aliphatic carbocycles. The quantitative estimate of drug-likeness (QED) is 0.514. The molecule has 0 aliphatic rings. The van der Waals surface area contributed by atoms with Crippen molar-refractivity contribution < 1.29 is 14.3 Å². The lowest BCUT2D eigenvalue weighted by atomic mass is 10.3. The highest BCUT2D eigenvalue weighted by molar-refractivity contribution is 8.00. The summed E-state index contributed by atoms with van der Waals surface area (Å²) in [4.78, 5) is 16.7. The topological polar surface area (TPSA) is 91.2 Å². The molecule has 0 spiro atoms. The van der Waals surface area contributed by atoms with Crippen molar-refractivity contribution in [3.8, 4) is 11.5 Å². The van der Waals surface area contributed by atoms with Crippen molar-refractivity contribution in [1.29, 1.82) is 0 Å². The van der Waals surface area contributed by atoms with Gasteiger partial charge in [0.2, 0.25) is 5.91 Å². The van der Waals surface area contributed by atoms with Gasteiger partial charge in [0.05, 0.1) is 18.1 Å². The van der Waals surface area contributed by atoms with E-state index in [0.717, 1.165) is 17.2 Å². The van der Waals surface area contributed by atoms with Crippen molar-refractivity contribution in [3.63, 3.8) is 0 Å². The maximum absolute atomic E-state index is 12.4. The van der Waals surface area contributed by atoms with E-state index in [4.69, 9.17) is 9.47 Å². The summed E-state index contributed by atoms with van der Waals surface area (Å²) in [7, 11) is 1.62. The summed E-state index contributed by atoms with van der Waals surface area (Å²) in [6.07, 6.45) is 0. The lowest BCUT2D eigenvalue weighted by Gasteiger charge is -2.12. The van der Waals surface area contributed by atoms with Gasteiger partial charge in [0, 0.05) is 11.9 Å². The van der Waals surface area contributed by atoms with E-state index in [0.29, 0.717) is 22.7 Å². The number of anilines is 1. The number of ether oxygens (including phenoxy) is 2. The second-order valence-electron chi connectivity index (χ2n) is 6.15. The highest BCUT2D eigenvalue weighted by Crippen LogP contribution is 2.25. The van der Waals surface area contributed by atoms with Gasteiger partial charge in [-0.2, -0.15) is 0 Å². The van der Waals surface area contributed by atoms with Crippen LogP contribution in [-0.2, 0) is 17.9 Å². The number of aryl methyl sites for hydroxylation is 1. The van der Waals surface area contributed by atoms with E-state index >= 15 is 0 Å². The molecule has 0 bridgehead atoms. The van der Waals surface area contributed by atoms with Crippen molar-refractivity contribution in [3.05, 3.63) is 41.2 Å². The first-order valence-corrected chi connectivity index (χ1v) is 10.8. The van der Waals surface area contributed by atoms with Crippen LogP contribution in [0.1, 0.15) is 25.4 Å². The molecule has 29 heavy (non-hydrogen) atoms. The molecule has 1 atom stereocenters. The van der Waals surface area contributed by atoms with Crippen LogP contribution in [0.15, 0.2) is 34.8 Å². The van der Waals surface area contributed by atoms with Crippen LogP contribution in [0, 0.1) is 6.92 Å². The number of thioether (sulfide) groups is 1. The van der Waals surface area contributed by atoms with Gasteiger partial charge in [0.15, 0.2) is 16.1 Å². The van der Waals surface area contributed by atoms with E-state index in [1.165, 1.54) is 23.1 Å². The Hall–Kier alpha value is -2.59. The Morgan fingerprint density at radius 1 is 1.28 bits per heavy atom. The molecule has 0 fully saturated rings.